The number of amides is 2. The predicted octanol–water partition coefficient (Wildman–Crippen LogP) is 3.90. The number of carbonyl (C=O) groups is 2. The first-order valence-electron chi connectivity index (χ1n) is 10.7. The van der Waals surface area contributed by atoms with E-state index in [4.69, 9.17) is 0 Å². The second-order valence-corrected chi connectivity index (χ2v) is 8.37. The maximum absolute atomic E-state index is 12.9. The average Bonchev–Trinajstić information content (AvgIpc) is 3.24. The smallest absolute Gasteiger partial charge is 0.253 e. The van der Waals surface area contributed by atoms with Gasteiger partial charge in [0.15, 0.2) is 0 Å². The number of benzene rings is 2. The molecule has 2 amide bonds. The summed E-state index contributed by atoms with van der Waals surface area (Å²) in [7, 11) is 0. The van der Waals surface area contributed by atoms with Crippen molar-refractivity contribution in [2.75, 3.05) is 26.2 Å². The van der Waals surface area contributed by atoms with Crippen molar-refractivity contribution in [3.05, 3.63) is 83.2 Å². The molecule has 0 saturated carbocycles. The van der Waals surface area contributed by atoms with Crippen molar-refractivity contribution in [3.8, 4) is 5.69 Å². The summed E-state index contributed by atoms with van der Waals surface area (Å²) in [5.74, 6) is 0.467. The van der Waals surface area contributed by atoms with E-state index >= 15 is 0 Å². The predicted molar refractivity (Wildman–Crippen MR) is 121 cm³/mol. The van der Waals surface area contributed by atoms with Gasteiger partial charge in [0.2, 0.25) is 0 Å². The van der Waals surface area contributed by atoms with Crippen LogP contribution >= 0.6 is 0 Å². The minimum absolute atomic E-state index is 0.00317. The Kier molecular flexibility index (Phi) is 5.89. The zero-order chi connectivity index (χ0) is 22.0. The molecule has 4 rings (SSSR count). The molecular formula is C25H28N4O2. The Morgan fingerprint density at radius 1 is 0.806 bits per heavy atom. The third kappa shape index (κ3) is 4.53. The lowest BCUT2D eigenvalue weighted by molar-refractivity contribution is 0.0535. The highest BCUT2D eigenvalue weighted by Gasteiger charge is 2.25. The van der Waals surface area contributed by atoms with Crippen LogP contribution in [0.3, 0.4) is 0 Å². The number of hydrogen-bond acceptors (Lipinski definition) is 3. The Morgan fingerprint density at radius 3 is 1.71 bits per heavy atom. The van der Waals surface area contributed by atoms with Gasteiger partial charge in [-0.2, -0.15) is 5.10 Å². The SMILES string of the molecule is Cc1cnn(-c2ccc(C(=O)N3CCN(C(=O)c4ccc(C(C)C)cc4)CC3)cc2)c1. The molecule has 0 bridgehead atoms. The Balaban J connectivity index is 1.35. The maximum atomic E-state index is 12.9. The molecule has 6 heteroatoms. The summed E-state index contributed by atoms with van der Waals surface area (Å²) >= 11 is 0. The second-order valence-electron chi connectivity index (χ2n) is 8.37. The van der Waals surface area contributed by atoms with Crippen molar-refractivity contribution in [2.45, 2.75) is 26.7 Å². The van der Waals surface area contributed by atoms with Gasteiger partial charge in [0, 0.05) is 43.5 Å². The number of rotatable bonds is 4. The molecule has 1 aliphatic rings. The summed E-state index contributed by atoms with van der Waals surface area (Å²) in [4.78, 5) is 29.4. The van der Waals surface area contributed by atoms with Crippen LogP contribution in [0.1, 0.15) is 51.6 Å². The van der Waals surface area contributed by atoms with Crippen LogP contribution in [0, 0.1) is 6.92 Å². The van der Waals surface area contributed by atoms with Gasteiger partial charge in [-0.15, -0.1) is 0 Å². The molecule has 3 aromatic rings. The molecule has 0 aliphatic carbocycles. The van der Waals surface area contributed by atoms with Gasteiger partial charge in [-0.3, -0.25) is 9.59 Å². The minimum Gasteiger partial charge on any atom is -0.335 e. The lowest BCUT2D eigenvalue weighted by Gasteiger charge is -2.35. The lowest BCUT2D eigenvalue weighted by atomic mass is 10.0. The molecule has 0 atom stereocenters. The molecule has 31 heavy (non-hydrogen) atoms. The summed E-state index contributed by atoms with van der Waals surface area (Å²) in [6, 6.07) is 15.3. The van der Waals surface area contributed by atoms with Gasteiger partial charge in [-0.1, -0.05) is 26.0 Å². The van der Waals surface area contributed by atoms with Crippen LogP contribution in [0.5, 0.6) is 0 Å². The van der Waals surface area contributed by atoms with Gasteiger partial charge in [0.05, 0.1) is 11.9 Å². The molecule has 1 fully saturated rings. The summed E-state index contributed by atoms with van der Waals surface area (Å²) in [5.41, 5.74) is 4.58. The third-order valence-electron chi connectivity index (χ3n) is 5.77. The number of piperazine rings is 1. The summed E-state index contributed by atoms with van der Waals surface area (Å²) in [5, 5.41) is 4.30. The molecule has 1 aliphatic heterocycles. The van der Waals surface area contributed by atoms with Crippen molar-refractivity contribution in [1.29, 1.82) is 0 Å². The molecule has 2 aromatic carbocycles. The Hall–Kier alpha value is -3.41. The number of aryl methyl sites for hydroxylation is 1. The zero-order valence-corrected chi connectivity index (χ0v) is 18.3. The average molecular weight is 417 g/mol. The molecular weight excluding hydrogens is 388 g/mol. The van der Waals surface area contributed by atoms with Crippen molar-refractivity contribution in [3.63, 3.8) is 0 Å². The molecule has 6 nitrogen and oxygen atoms in total. The molecule has 1 aromatic heterocycles. The van der Waals surface area contributed by atoms with Crippen molar-refractivity contribution >= 4 is 11.8 Å². The van der Waals surface area contributed by atoms with Gasteiger partial charge in [0.1, 0.15) is 0 Å². The summed E-state index contributed by atoms with van der Waals surface area (Å²) in [6.07, 6.45) is 3.75. The fourth-order valence-corrected chi connectivity index (χ4v) is 3.80. The van der Waals surface area contributed by atoms with E-state index in [1.807, 2.05) is 71.5 Å². The fraction of sp³-hybridized carbons (Fsp3) is 0.320. The van der Waals surface area contributed by atoms with Crippen LogP contribution in [0.2, 0.25) is 0 Å². The highest BCUT2D eigenvalue weighted by molar-refractivity contribution is 5.96. The second kappa shape index (κ2) is 8.76. The molecule has 0 radical (unpaired) electrons. The first-order valence-corrected chi connectivity index (χ1v) is 10.7. The van der Waals surface area contributed by atoms with E-state index in [1.54, 1.807) is 10.9 Å². The van der Waals surface area contributed by atoms with E-state index in [9.17, 15) is 9.59 Å². The van der Waals surface area contributed by atoms with Gasteiger partial charge in [-0.05, 0) is 60.4 Å². The highest BCUT2D eigenvalue weighted by Crippen LogP contribution is 2.17. The van der Waals surface area contributed by atoms with E-state index in [1.165, 1.54) is 5.56 Å². The quantitative estimate of drug-likeness (QED) is 0.648. The minimum atomic E-state index is -0.00317. The normalized spacial score (nSPS) is 14.2. The number of nitrogens with zero attached hydrogens (tertiary/aromatic N) is 4. The van der Waals surface area contributed by atoms with Gasteiger partial charge >= 0.3 is 0 Å². The standard InChI is InChI=1S/C25H28N4O2/c1-18(2)20-4-6-21(7-5-20)24(30)27-12-14-28(15-13-27)25(31)22-8-10-23(11-9-22)29-17-19(3)16-26-29/h4-11,16-18H,12-15H2,1-3H3. The van der Waals surface area contributed by atoms with E-state index in [0.717, 1.165) is 11.3 Å². The van der Waals surface area contributed by atoms with Crippen LogP contribution in [-0.4, -0.2) is 57.6 Å². The van der Waals surface area contributed by atoms with Gasteiger partial charge < -0.3 is 9.80 Å². The molecule has 0 N–H and O–H groups in total. The van der Waals surface area contributed by atoms with Crippen molar-refractivity contribution < 1.29 is 9.59 Å². The lowest BCUT2D eigenvalue weighted by Crippen LogP contribution is -2.50. The monoisotopic (exact) mass is 416 g/mol. The van der Waals surface area contributed by atoms with Crippen LogP contribution in [0.15, 0.2) is 60.9 Å². The summed E-state index contributed by atoms with van der Waals surface area (Å²) < 4.78 is 1.79. The van der Waals surface area contributed by atoms with Crippen molar-refractivity contribution in [1.82, 2.24) is 19.6 Å². The molecule has 0 unspecified atom stereocenters. The number of carbonyl (C=O) groups excluding carboxylic acids is 2. The van der Waals surface area contributed by atoms with E-state index < -0.39 is 0 Å². The highest BCUT2D eigenvalue weighted by atomic mass is 16.2. The Morgan fingerprint density at radius 2 is 1.29 bits per heavy atom. The van der Waals surface area contributed by atoms with Crippen molar-refractivity contribution in [2.24, 2.45) is 0 Å². The zero-order valence-electron chi connectivity index (χ0n) is 18.3. The molecule has 1 saturated heterocycles. The van der Waals surface area contributed by atoms with E-state index in [2.05, 4.69) is 18.9 Å². The van der Waals surface area contributed by atoms with Gasteiger partial charge in [-0.25, -0.2) is 4.68 Å². The molecule has 0 spiro atoms. The summed E-state index contributed by atoms with van der Waals surface area (Å²) in [6.45, 7) is 8.43. The van der Waals surface area contributed by atoms with Crippen LogP contribution in [0.25, 0.3) is 5.69 Å². The number of hydrogen-bond donors (Lipinski definition) is 0. The largest absolute Gasteiger partial charge is 0.335 e. The Labute approximate surface area is 183 Å². The first-order chi connectivity index (χ1) is 14.9. The van der Waals surface area contributed by atoms with Crippen LogP contribution < -0.4 is 0 Å². The molecule has 2 heterocycles. The van der Waals surface area contributed by atoms with E-state index in [-0.39, 0.29) is 11.8 Å². The number of aromatic nitrogens is 2. The van der Waals surface area contributed by atoms with Crippen LogP contribution in [0.4, 0.5) is 0 Å². The van der Waals surface area contributed by atoms with Crippen LogP contribution in [-0.2, 0) is 0 Å². The fourth-order valence-electron chi connectivity index (χ4n) is 3.80. The maximum Gasteiger partial charge on any atom is 0.253 e. The topological polar surface area (TPSA) is 58.4 Å². The first kappa shape index (κ1) is 20.8. The van der Waals surface area contributed by atoms with E-state index in [0.29, 0.717) is 43.2 Å². The molecule has 160 valence electrons. The van der Waals surface area contributed by atoms with Gasteiger partial charge in [0.25, 0.3) is 11.8 Å². The Bertz CT molecular complexity index is 1060. The third-order valence-corrected chi connectivity index (χ3v) is 5.77.